The zero-order chi connectivity index (χ0) is 17.0. The van der Waals surface area contributed by atoms with Crippen LogP contribution in [0.4, 0.5) is 13.2 Å². The van der Waals surface area contributed by atoms with Gasteiger partial charge in [0.2, 0.25) is 0 Å². The Morgan fingerprint density at radius 2 is 1.96 bits per heavy atom. The molecule has 1 saturated carbocycles. The van der Waals surface area contributed by atoms with Crippen LogP contribution < -0.4 is 10.1 Å². The molecule has 0 aromatic heterocycles. The summed E-state index contributed by atoms with van der Waals surface area (Å²) in [5.74, 6) is 0.228. The largest absolute Gasteiger partial charge is 0.484 e. The molecule has 2 aliphatic rings. The molecular weight excluding hydrogens is 321 g/mol. The van der Waals surface area contributed by atoms with Crippen LogP contribution in [0.15, 0.2) is 24.3 Å². The molecule has 4 nitrogen and oxygen atoms in total. The van der Waals surface area contributed by atoms with E-state index in [2.05, 4.69) is 10.2 Å². The smallest absolute Gasteiger partial charge is 0.422 e. The Bertz CT molecular complexity index is 518. The zero-order valence-electron chi connectivity index (χ0n) is 13.5. The van der Waals surface area contributed by atoms with E-state index in [1.54, 1.807) is 24.3 Å². The van der Waals surface area contributed by atoms with Gasteiger partial charge in [0.25, 0.3) is 0 Å². The van der Waals surface area contributed by atoms with Crippen LogP contribution in [0.25, 0.3) is 0 Å². The van der Waals surface area contributed by atoms with E-state index in [0.717, 1.165) is 37.8 Å². The Balaban J connectivity index is 1.37. The van der Waals surface area contributed by atoms with Gasteiger partial charge in [-0.15, -0.1) is 0 Å². The third-order valence-electron chi connectivity index (χ3n) is 4.26. The number of alkyl halides is 3. The molecule has 24 heavy (non-hydrogen) atoms. The van der Waals surface area contributed by atoms with E-state index in [1.807, 2.05) is 0 Å². The molecule has 3 rings (SSSR count). The lowest BCUT2D eigenvalue weighted by Gasteiger charge is -2.33. The number of benzene rings is 1. The molecule has 2 fully saturated rings. The van der Waals surface area contributed by atoms with Gasteiger partial charge < -0.3 is 14.8 Å². The number of nitrogens with zero attached hydrogens (tertiary/aromatic N) is 1. The molecule has 1 aromatic rings. The van der Waals surface area contributed by atoms with Crippen molar-refractivity contribution in [2.24, 2.45) is 0 Å². The highest BCUT2D eigenvalue weighted by Crippen LogP contribution is 2.28. The number of morpholine rings is 1. The van der Waals surface area contributed by atoms with Gasteiger partial charge in [-0.05, 0) is 30.5 Å². The summed E-state index contributed by atoms with van der Waals surface area (Å²) in [6, 6.07) is 7.44. The Morgan fingerprint density at radius 1 is 1.21 bits per heavy atom. The Labute approximate surface area is 139 Å². The van der Waals surface area contributed by atoms with Crippen LogP contribution in [0.1, 0.15) is 18.4 Å². The third-order valence-corrected chi connectivity index (χ3v) is 4.26. The summed E-state index contributed by atoms with van der Waals surface area (Å²) in [5, 5.41) is 3.35. The van der Waals surface area contributed by atoms with Crippen LogP contribution in [0.3, 0.4) is 0 Å². The van der Waals surface area contributed by atoms with Gasteiger partial charge in [-0.25, -0.2) is 0 Å². The van der Waals surface area contributed by atoms with Gasteiger partial charge in [0.1, 0.15) is 5.75 Å². The minimum Gasteiger partial charge on any atom is -0.484 e. The van der Waals surface area contributed by atoms with Crippen molar-refractivity contribution in [3.05, 3.63) is 29.8 Å². The molecule has 1 N–H and O–H groups in total. The summed E-state index contributed by atoms with van der Waals surface area (Å²) in [5.41, 5.74) is 1.00. The van der Waals surface area contributed by atoms with E-state index in [4.69, 9.17) is 9.47 Å². The summed E-state index contributed by atoms with van der Waals surface area (Å²) in [4.78, 5) is 2.50. The topological polar surface area (TPSA) is 33.7 Å². The van der Waals surface area contributed by atoms with Crippen LogP contribution in [0.2, 0.25) is 0 Å². The summed E-state index contributed by atoms with van der Waals surface area (Å²) >= 11 is 0. The Kier molecular flexibility index (Phi) is 5.63. The maximum absolute atomic E-state index is 12.1. The average molecular weight is 344 g/mol. The predicted molar refractivity (Wildman–Crippen MR) is 84.0 cm³/mol. The molecule has 1 heterocycles. The predicted octanol–water partition coefficient (Wildman–Crippen LogP) is 2.58. The molecule has 0 amide bonds. The van der Waals surface area contributed by atoms with Crippen LogP contribution in [0.5, 0.6) is 5.75 Å². The number of rotatable bonds is 7. The fraction of sp³-hybridized carbons (Fsp3) is 0.647. The lowest BCUT2D eigenvalue weighted by atomic mass is 10.2. The van der Waals surface area contributed by atoms with Crippen molar-refractivity contribution >= 4 is 0 Å². The van der Waals surface area contributed by atoms with Crippen LogP contribution in [0, 0.1) is 0 Å². The summed E-state index contributed by atoms with van der Waals surface area (Å²) in [7, 11) is 0. The number of hydrogen-bond acceptors (Lipinski definition) is 4. The minimum absolute atomic E-state index is 0.203. The number of halogens is 3. The molecule has 0 unspecified atom stereocenters. The van der Waals surface area contributed by atoms with Crippen molar-refractivity contribution in [1.29, 1.82) is 0 Å². The third kappa shape index (κ3) is 5.65. The normalized spacial score (nSPS) is 22.5. The van der Waals surface area contributed by atoms with E-state index in [9.17, 15) is 13.2 Å². The molecular formula is C17H23F3N2O2. The average Bonchev–Trinajstić information content (AvgIpc) is 3.39. The van der Waals surface area contributed by atoms with Gasteiger partial charge >= 0.3 is 6.18 Å². The monoisotopic (exact) mass is 344 g/mol. The number of hydrogen-bond donors (Lipinski definition) is 1. The van der Waals surface area contributed by atoms with Gasteiger partial charge in [-0.3, -0.25) is 4.90 Å². The van der Waals surface area contributed by atoms with Gasteiger partial charge in [0, 0.05) is 32.2 Å². The second-order valence-electron chi connectivity index (χ2n) is 6.40. The lowest BCUT2D eigenvalue weighted by Crippen LogP contribution is -2.47. The summed E-state index contributed by atoms with van der Waals surface area (Å²) in [6.45, 7) is 2.95. The molecule has 1 atom stereocenters. The first kappa shape index (κ1) is 17.5. The fourth-order valence-electron chi connectivity index (χ4n) is 2.88. The van der Waals surface area contributed by atoms with Crippen molar-refractivity contribution in [1.82, 2.24) is 10.2 Å². The fourth-order valence-corrected chi connectivity index (χ4v) is 2.88. The van der Waals surface area contributed by atoms with Crippen molar-refractivity contribution in [2.75, 3.05) is 32.8 Å². The minimum atomic E-state index is -4.31. The molecule has 7 heteroatoms. The highest BCUT2D eigenvalue weighted by Gasteiger charge is 2.32. The molecule has 0 spiro atoms. The van der Waals surface area contributed by atoms with Gasteiger partial charge in [0.15, 0.2) is 6.61 Å². The van der Waals surface area contributed by atoms with Crippen molar-refractivity contribution < 1.29 is 22.6 Å². The van der Waals surface area contributed by atoms with Crippen molar-refractivity contribution in [2.45, 2.75) is 37.7 Å². The summed E-state index contributed by atoms with van der Waals surface area (Å²) < 4.78 is 46.8. The Hall–Kier alpha value is -1.31. The van der Waals surface area contributed by atoms with E-state index in [0.29, 0.717) is 6.54 Å². The first-order valence-corrected chi connectivity index (χ1v) is 8.34. The first-order valence-electron chi connectivity index (χ1n) is 8.34. The standard InChI is InChI=1S/C17H23F3N2O2/c18-17(19,20)12-24-15-5-1-13(2-6-15)9-21-10-16-11-22(7-8-23-16)14-3-4-14/h1-2,5-6,14,16,21H,3-4,7-12H2/t16-/m1/s1. The van der Waals surface area contributed by atoms with E-state index >= 15 is 0 Å². The second-order valence-corrected chi connectivity index (χ2v) is 6.40. The van der Waals surface area contributed by atoms with E-state index in [-0.39, 0.29) is 11.9 Å². The summed E-state index contributed by atoms with van der Waals surface area (Å²) in [6.07, 6.45) is -1.49. The van der Waals surface area contributed by atoms with E-state index in [1.165, 1.54) is 12.8 Å². The highest BCUT2D eigenvalue weighted by atomic mass is 19.4. The Morgan fingerprint density at radius 3 is 2.62 bits per heavy atom. The quantitative estimate of drug-likeness (QED) is 0.824. The molecule has 1 aromatic carbocycles. The lowest BCUT2D eigenvalue weighted by molar-refractivity contribution is -0.153. The maximum atomic E-state index is 12.1. The van der Waals surface area contributed by atoms with Gasteiger partial charge in [0.05, 0.1) is 12.7 Å². The maximum Gasteiger partial charge on any atom is 0.422 e. The van der Waals surface area contributed by atoms with Crippen molar-refractivity contribution in [3.63, 3.8) is 0 Å². The van der Waals surface area contributed by atoms with Crippen LogP contribution in [-0.4, -0.2) is 56.1 Å². The van der Waals surface area contributed by atoms with Gasteiger partial charge in [-0.1, -0.05) is 12.1 Å². The second kappa shape index (κ2) is 7.72. The van der Waals surface area contributed by atoms with E-state index < -0.39 is 12.8 Å². The molecule has 1 aliphatic carbocycles. The van der Waals surface area contributed by atoms with Crippen LogP contribution >= 0.6 is 0 Å². The number of nitrogens with one attached hydrogen (secondary N) is 1. The number of ether oxygens (including phenoxy) is 2. The molecule has 0 bridgehead atoms. The van der Waals surface area contributed by atoms with Crippen LogP contribution in [-0.2, 0) is 11.3 Å². The zero-order valence-corrected chi connectivity index (χ0v) is 13.5. The SMILES string of the molecule is FC(F)(F)COc1ccc(CNC[C@@H]2CN(C3CC3)CCO2)cc1. The first-order chi connectivity index (χ1) is 11.5. The molecule has 134 valence electrons. The molecule has 1 aliphatic heterocycles. The van der Waals surface area contributed by atoms with Crippen molar-refractivity contribution in [3.8, 4) is 5.75 Å². The molecule has 0 radical (unpaired) electrons. The highest BCUT2D eigenvalue weighted by molar-refractivity contribution is 5.27. The molecule has 1 saturated heterocycles. The van der Waals surface area contributed by atoms with Gasteiger partial charge in [-0.2, -0.15) is 13.2 Å².